The maximum absolute atomic E-state index is 11.9. The number of nitrogens with one attached hydrogen (secondary N) is 2. The molecule has 0 aliphatic rings. The van der Waals surface area contributed by atoms with Crippen molar-refractivity contribution in [2.45, 2.75) is 12.5 Å². The molecule has 0 aromatic heterocycles. The predicted molar refractivity (Wildman–Crippen MR) is 81.3 cm³/mol. The molecule has 0 aliphatic carbocycles. The summed E-state index contributed by atoms with van der Waals surface area (Å²) in [5, 5.41) is 15.5. The van der Waals surface area contributed by atoms with Crippen molar-refractivity contribution in [1.82, 2.24) is 5.32 Å². The van der Waals surface area contributed by atoms with E-state index >= 15 is 0 Å². The van der Waals surface area contributed by atoms with Gasteiger partial charge in [0.25, 0.3) is 0 Å². The van der Waals surface area contributed by atoms with E-state index in [1.54, 1.807) is 12.1 Å². The summed E-state index contributed by atoms with van der Waals surface area (Å²) < 4.78 is 0. The van der Waals surface area contributed by atoms with Crippen molar-refractivity contribution in [2.75, 3.05) is 5.32 Å². The molecule has 0 fully saturated rings. The summed E-state index contributed by atoms with van der Waals surface area (Å²) in [6.45, 7) is 0. The van der Waals surface area contributed by atoms with Gasteiger partial charge in [-0.1, -0.05) is 36.4 Å². The van der Waals surface area contributed by atoms with Crippen LogP contribution in [0.25, 0.3) is 10.8 Å². The van der Waals surface area contributed by atoms with Crippen LogP contribution in [0.1, 0.15) is 6.42 Å². The van der Waals surface area contributed by atoms with Crippen molar-refractivity contribution in [3.8, 4) is 0 Å². The van der Waals surface area contributed by atoms with E-state index in [4.69, 9.17) is 10.8 Å². The fourth-order valence-corrected chi connectivity index (χ4v) is 2.05. The highest BCUT2D eigenvalue weighted by molar-refractivity contribution is 6.02. The molecule has 1 atom stereocenters. The van der Waals surface area contributed by atoms with Crippen molar-refractivity contribution in [3.05, 3.63) is 42.5 Å². The number of urea groups is 1. The van der Waals surface area contributed by atoms with Crippen LogP contribution in [-0.2, 0) is 9.59 Å². The first-order valence-electron chi connectivity index (χ1n) is 6.54. The van der Waals surface area contributed by atoms with Gasteiger partial charge in [0, 0.05) is 5.39 Å². The van der Waals surface area contributed by atoms with E-state index < -0.39 is 30.4 Å². The molecule has 0 spiro atoms. The van der Waals surface area contributed by atoms with Crippen LogP contribution in [0.15, 0.2) is 42.5 Å². The third kappa shape index (κ3) is 3.72. The minimum atomic E-state index is -1.37. The van der Waals surface area contributed by atoms with Crippen LogP contribution < -0.4 is 16.4 Å². The lowest BCUT2D eigenvalue weighted by atomic mass is 10.1. The molecule has 0 saturated heterocycles. The number of primary amides is 1. The number of aliphatic carboxylic acids is 1. The Balaban J connectivity index is 2.13. The van der Waals surface area contributed by atoms with Crippen molar-refractivity contribution >= 4 is 34.4 Å². The van der Waals surface area contributed by atoms with Gasteiger partial charge in [-0.15, -0.1) is 0 Å². The second-order valence-corrected chi connectivity index (χ2v) is 4.69. The average molecular weight is 301 g/mol. The van der Waals surface area contributed by atoms with Crippen LogP contribution in [0.2, 0.25) is 0 Å². The summed E-state index contributed by atoms with van der Waals surface area (Å²) >= 11 is 0. The normalized spacial score (nSPS) is 11.6. The number of hydrogen-bond acceptors (Lipinski definition) is 3. The summed E-state index contributed by atoms with van der Waals surface area (Å²) in [5.74, 6) is -2.13. The van der Waals surface area contributed by atoms with Crippen molar-refractivity contribution < 1.29 is 19.5 Å². The van der Waals surface area contributed by atoms with Gasteiger partial charge in [0.15, 0.2) is 0 Å². The maximum atomic E-state index is 11.9. The highest BCUT2D eigenvalue weighted by atomic mass is 16.4. The van der Waals surface area contributed by atoms with Gasteiger partial charge < -0.3 is 21.5 Å². The van der Waals surface area contributed by atoms with Gasteiger partial charge in [0.05, 0.1) is 12.1 Å². The molecule has 0 unspecified atom stereocenters. The number of carbonyl (C=O) groups excluding carboxylic acids is 2. The number of rotatable bonds is 5. The predicted octanol–water partition coefficient (Wildman–Crippen LogP) is 1.29. The SMILES string of the molecule is NC(=O)C[C@@H](NC(=O)Nc1cccc2ccccc12)C(=O)O. The minimum absolute atomic E-state index is 0.474. The van der Waals surface area contributed by atoms with Gasteiger partial charge in [-0.25, -0.2) is 9.59 Å². The molecule has 7 nitrogen and oxygen atoms in total. The van der Waals surface area contributed by atoms with E-state index in [-0.39, 0.29) is 0 Å². The van der Waals surface area contributed by atoms with Gasteiger partial charge in [-0.05, 0) is 11.5 Å². The van der Waals surface area contributed by atoms with Crippen LogP contribution in [0.4, 0.5) is 10.5 Å². The number of hydrogen-bond donors (Lipinski definition) is 4. The second-order valence-electron chi connectivity index (χ2n) is 4.69. The Kier molecular flexibility index (Phi) is 4.57. The van der Waals surface area contributed by atoms with E-state index in [1.165, 1.54) is 0 Å². The summed E-state index contributed by atoms with van der Waals surface area (Å²) in [5.41, 5.74) is 5.50. The summed E-state index contributed by atoms with van der Waals surface area (Å²) in [7, 11) is 0. The lowest BCUT2D eigenvalue weighted by Gasteiger charge is -2.14. The van der Waals surface area contributed by atoms with Crippen molar-refractivity contribution in [3.63, 3.8) is 0 Å². The largest absolute Gasteiger partial charge is 0.480 e. The van der Waals surface area contributed by atoms with Crippen molar-refractivity contribution in [1.29, 1.82) is 0 Å². The Morgan fingerprint density at radius 1 is 1.09 bits per heavy atom. The monoisotopic (exact) mass is 301 g/mol. The Morgan fingerprint density at radius 3 is 2.45 bits per heavy atom. The third-order valence-corrected chi connectivity index (χ3v) is 3.05. The van der Waals surface area contributed by atoms with Gasteiger partial charge in [-0.2, -0.15) is 0 Å². The Hall–Kier alpha value is -3.09. The van der Waals surface area contributed by atoms with E-state index in [0.717, 1.165) is 10.8 Å². The highest BCUT2D eigenvalue weighted by Crippen LogP contribution is 2.22. The average Bonchev–Trinajstić information content (AvgIpc) is 2.46. The van der Waals surface area contributed by atoms with E-state index in [9.17, 15) is 14.4 Å². The third-order valence-electron chi connectivity index (χ3n) is 3.05. The fourth-order valence-electron chi connectivity index (χ4n) is 2.05. The number of amides is 3. The fraction of sp³-hybridized carbons (Fsp3) is 0.133. The zero-order valence-corrected chi connectivity index (χ0v) is 11.6. The Labute approximate surface area is 126 Å². The number of carboxylic acids is 1. The van der Waals surface area contributed by atoms with Crippen LogP contribution in [0.5, 0.6) is 0 Å². The van der Waals surface area contributed by atoms with E-state index in [2.05, 4.69) is 10.6 Å². The number of nitrogens with two attached hydrogens (primary N) is 1. The van der Waals surface area contributed by atoms with Gasteiger partial charge in [0.1, 0.15) is 6.04 Å². The smallest absolute Gasteiger partial charge is 0.326 e. The maximum Gasteiger partial charge on any atom is 0.326 e. The topological polar surface area (TPSA) is 122 Å². The molecule has 0 heterocycles. The quantitative estimate of drug-likeness (QED) is 0.664. The first-order chi connectivity index (χ1) is 10.5. The number of carboxylic acid groups (broad SMARTS) is 1. The molecular weight excluding hydrogens is 286 g/mol. The summed E-state index contributed by atoms with van der Waals surface area (Å²) in [4.78, 5) is 33.7. The van der Waals surface area contributed by atoms with Crippen molar-refractivity contribution in [2.24, 2.45) is 5.73 Å². The standard InChI is InChI=1S/C15H15N3O4/c16-13(19)8-12(14(20)21)18-15(22)17-11-7-3-5-9-4-1-2-6-10(9)11/h1-7,12H,8H2,(H2,16,19)(H,20,21)(H2,17,18,22)/t12-/m1/s1. The minimum Gasteiger partial charge on any atom is -0.480 e. The second kappa shape index (κ2) is 6.57. The summed E-state index contributed by atoms with van der Waals surface area (Å²) in [6.07, 6.45) is -0.474. The van der Waals surface area contributed by atoms with Gasteiger partial charge in [0.2, 0.25) is 5.91 Å². The molecule has 5 N–H and O–H groups in total. The van der Waals surface area contributed by atoms with E-state index in [1.807, 2.05) is 30.3 Å². The zero-order chi connectivity index (χ0) is 16.1. The molecule has 3 amide bonds. The first kappa shape index (κ1) is 15.3. The van der Waals surface area contributed by atoms with E-state index in [0.29, 0.717) is 5.69 Å². The van der Waals surface area contributed by atoms with Gasteiger partial charge >= 0.3 is 12.0 Å². The highest BCUT2D eigenvalue weighted by Gasteiger charge is 2.22. The van der Waals surface area contributed by atoms with Crippen LogP contribution >= 0.6 is 0 Å². The molecule has 2 aromatic rings. The summed E-state index contributed by atoms with van der Waals surface area (Å²) in [6, 6.07) is 10.7. The zero-order valence-electron chi connectivity index (χ0n) is 11.6. The molecular formula is C15H15N3O4. The Morgan fingerprint density at radius 2 is 1.77 bits per heavy atom. The van der Waals surface area contributed by atoms with Crippen LogP contribution in [-0.4, -0.2) is 29.1 Å². The molecule has 0 saturated carbocycles. The number of benzene rings is 2. The molecule has 0 bridgehead atoms. The Bertz CT molecular complexity index is 724. The first-order valence-corrected chi connectivity index (χ1v) is 6.54. The molecule has 114 valence electrons. The molecule has 22 heavy (non-hydrogen) atoms. The number of anilines is 1. The molecule has 2 rings (SSSR count). The van der Waals surface area contributed by atoms with Crippen LogP contribution in [0.3, 0.4) is 0 Å². The lowest BCUT2D eigenvalue weighted by molar-refractivity contribution is -0.140. The molecule has 0 radical (unpaired) electrons. The number of fused-ring (bicyclic) bond motifs is 1. The number of carbonyl (C=O) groups is 3. The molecule has 7 heteroatoms. The lowest BCUT2D eigenvalue weighted by Crippen LogP contribution is -2.45. The molecule has 0 aliphatic heterocycles. The van der Waals surface area contributed by atoms with Crippen LogP contribution in [0, 0.1) is 0 Å². The van der Waals surface area contributed by atoms with Gasteiger partial charge in [-0.3, -0.25) is 4.79 Å². The molecule has 2 aromatic carbocycles.